The van der Waals surface area contributed by atoms with Gasteiger partial charge in [0.25, 0.3) is 0 Å². The van der Waals surface area contributed by atoms with E-state index in [1.807, 2.05) is 4.90 Å². The van der Waals surface area contributed by atoms with Gasteiger partial charge in [-0.25, -0.2) is 4.39 Å². The van der Waals surface area contributed by atoms with E-state index in [0.717, 1.165) is 44.3 Å². The fourth-order valence-corrected chi connectivity index (χ4v) is 4.11. The lowest BCUT2D eigenvalue weighted by molar-refractivity contribution is -0.130. The molecule has 5 heteroatoms. The monoisotopic (exact) mass is 320 g/mol. The summed E-state index contributed by atoms with van der Waals surface area (Å²) in [5.41, 5.74) is 0.742. The molecule has 1 N–H and O–H groups in total. The third-order valence-electron chi connectivity index (χ3n) is 5.22. The van der Waals surface area contributed by atoms with Crippen molar-refractivity contribution in [1.29, 1.82) is 0 Å². The molecule has 4 nitrogen and oxygen atoms in total. The Morgan fingerprint density at radius 1 is 1.22 bits per heavy atom. The maximum atomic E-state index is 13.0. The predicted octanol–water partition coefficient (Wildman–Crippen LogP) is 2.33. The van der Waals surface area contributed by atoms with Crippen molar-refractivity contribution in [2.24, 2.45) is 0 Å². The van der Waals surface area contributed by atoms with Gasteiger partial charge in [-0.3, -0.25) is 9.69 Å². The minimum absolute atomic E-state index is 0.151. The van der Waals surface area contributed by atoms with E-state index in [0.29, 0.717) is 12.6 Å². The van der Waals surface area contributed by atoms with Crippen LogP contribution in [-0.4, -0.2) is 52.5 Å². The molecule has 126 valence electrons. The summed E-state index contributed by atoms with van der Waals surface area (Å²) in [4.78, 5) is 16.1. The van der Waals surface area contributed by atoms with Crippen molar-refractivity contribution in [2.45, 2.75) is 50.8 Å². The number of aliphatic hydroxyl groups excluding tert-OH is 1. The lowest BCUT2D eigenvalue weighted by atomic mass is 10.0. The zero-order valence-corrected chi connectivity index (χ0v) is 13.6. The highest BCUT2D eigenvalue weighted by Crippen LogP contribution is 2.31. The van der Waals surface area contributed by atoms with E-state index in [-0.39, 0.29) is 17.8 Å². The van der Waals surface area contributed by atoms with E-state index in [1.165, 1.54) is 12.1 Å². The minimum atomic E-state index is -0.622. The highest BCUT2D eigenvalue weighted by atomic mass is 19.1. The Balaban J connectivity index is 1.67. The molecule has 2 heterocycles. The minimum Gasteiger partial charge on any atom is -0.387 e. The molecule has 2 aliphatic rings. The molecule has 2 aliphatic heterocycles. The second-order valence-electron chi connectivity index (χ2n) is 6.69. The van der Waals surface area contributed by atoms with E-state index in [9.17, 15) is 14.3 Å². The van der Waals surface area contributed by atoms with Gasteiger partial charge in [-0.1, -0.05) is 12.1 Å². The second-order valence-corrected chi connectivity index (χ2v) is 6.69. The van der Waals surface area contributed by atoms with E-state index in [4.69, 9.17) is 0 Å². The van der Waals surface area contributed by atoms with Crippen LogP contribution >= 0.6 is 0 Å². The van der Waals surface area contributed by atoms with Crippen LogP contribution in [0, 0.1) is 5.82 Å². The summed E-state index contributed by atoms with van der Waals surface area (Å²) in [5, 5.41) is 10.5. The number of carbonyl (C=O) groups is 1. The lowest BCUT2D eigenvalue weighted by Gasteiger charge is -2.35. The molecule has 0 bridgehead atoms. The van der Waals surface area contributed by atoms with Gasteiger partial charge in [-0.2, -0.15) is 0 Å². The molecule has 1 amide bonds. The molecule has 0 saturated carbocycles. The molecule has 3 atom stereocenters. The van der Waals surface area contributed by atoms with Crippen molar-refractivity contribution in [2.75, 3.05) is 19.6 Å². The highest BCUT2D eigenvalue weighted by Gasteiger charge is 2.39. The largest absolute Gasteiger partial charge is 0.387 e. The van der Waals surface area contributed by atoms with Gasteiger partial charge in [0.1, 0.15) is 5.82 Å². The molecule has 23 heavy (non-hydrogen) atoms. The third kappa shape index (κ3) is 3.56. The Kier molecular flexibility index (Phi) is 4.97. The summed E-state index contributed by atoms with van der Waals surface area (Å²) in [6.45, 7) is 3.99. The molecule has 0 aromatic heterocycles. The quantitative estimate of drug-likeness (QED) is 0.926. The first-order valence-electron chi connectivity index (χ1n) is 8.51. The first-order chi connectivity index (χ1) is 11.1. The van der Waals surface area contributed by atoms with Crippen LogP contribution in [0.15, 0.2) is 24.3 Å². The van der Waals surface area contributed by atoms with Gasteiger partial charge in [-0.15, -0.1) is 0 Å². The average Bonchev–Trinajstić information content (AvgIpc) is 3.15. The number of nitrogens with zero attached hydrogens (tertiary/aromatic N) is 2. The molecular weight excluding hydrogens is 295 g/mol. The van der Waals surface area contributed by atoms with Gasteiger partial charge in [0.15, 0.2) is 0 Å². The number of hydrogen-bond donors (Lipinski definition) is 1. The average molecular weight is 320 g/mol. The molecule has 2 saturated heterocycles. The van der Waals surface area contributed by atoms with Crippen molar-refractivity contribution >= 4 is 5.91 Å². The molecule has 2 fully saturated rings. The number of halogens is 1. The van der Waals surface area contributed by atoms with Crippen LogP contribution < -0.4 is 0 Å². The highest BCUT2D eigenvalue weighted by molar-refractivity contribution is 5.74. The van der Waals surface area contributed by atoms with Gasteiger partial charge < -0.3 is 10.0 Å². The van der Waals surface area contributed by atoms with Crippen LogP contribution in [0.25, 0.3) is 0 Å². The summed E-state index contributed by atoms with van der Waals surface area (Å²) >= 11 is 0. The number of benzene rings is 1. The Morgan fingerprint density at radius 2 is 1.87 bits per heavy atom. The predicted molar refractivity (Wildman–Crippen MR) is 86.4 cm³/mol. The smallest absolute Gasteiger partial charge is 0.219 e. The van der Waals surface area contributed by atoms with Crippen molar-refractivity contribution < 1.29 is 14.3 Å². The fourth-order valence-electron chi connectivity index (χ4n) is 4.11. The van der Waals surface area contributed by atoms with Crippen LogP contribution in [0.5, 0.6) is 0 Å². The molecule has 1 aromatic rings. The van der Waals surface area contributed by atoms with Crippen molar-refractivity contribution in [3.63, 3.8) is 0 Å². The lowest BCUT2D eigenvalue weighted by Crippen LogP contribution is -2.48. The van der Waals surface area contributed by atoms with Gasteiger partial charge in [0.2, 0.25) is 5.91 Å². The number of β-amino-alcohol motifs (C(OH)–C–C–N with tert-alkyl or cyclic N) is 1. The van der Waals surface area contributed by atoms with Crippen LogP contribution in [-0.2, 0) is 4.79 Å². The van der Waals surface area contributed by atoms with E-state index in [2.05, 4.69) is 4.90 Å². The van der Waals surface area contributed by atoms with E-state index in [1.54, 1.807) is 19.1 Å². The summed E-state index contributed by atoms with van der Waals surface area (Å²) in [6, 6.07) is 6.65. The van der Waals surface area contributed by atoms with Crippen LogP contribution in [0.2, 0.25) is 0 Å². The van der Waals surface area contributed by atoms with Crippen molar-refractivity contribution in [3.05, 3.63) is 35.6 Å². The van der Waals surface area contributed by atoms with Gasteiger partial charge in [0, 0.05) is 32.1 Å². The summed E-state index contributed by atoms with van der Waals surface area (Å²) in [7, 11) is 0. The van der Waals surface area contributed by atoms with E-state index < -0.39 is 6.10 Å². The number of hydrogen-bond acceptors (Lipinski definition) is 3. The fraction of sp³-hybridized carbons (Fsp3) is 0.611. The van der Waals surface area contributed by atoms with Gasteiger partial charge in [0.05, 0.1) is 6.10 Å². The summed E-state index contributed by atoms with van der Waals surface area (Å²) in [6.07, 6.45) is 3.67. The standard InChI is InChI=1S/C18H25FN2O2/c1-13(22)21-11-3-5-17(21)16-4-2-10-20(16)12-18(23)14-6-8-15(19)9-7-14/h6-9,16-18,23H,2-5,10-12H2,1H3/t16-,17-,18+/m1/s1. The Morgan fingerprint density at radius 3 is 2.57 bits per heavy atom. The molecule has 0 radical (unpaired) electrons. The van der Waals surface area contributed by atoms with Gasteiger partial charge in [-0.05, 0) is 49.9 Å². The molecule has 3 rings (SSSR count). The number of likely N-dealkylation sites (tertiary alicyclic amines) is 2. The number of carbonyl (C=O) groups excluding carboxylic acids is 1. The van der Waals surface area contributed by atoms with Crippen molar-refractivity contribution in [3.8, 4) is 0 Å². The molecule has 0 unspecified atom stereocenters. The van der Waals surface area contributed by atoms with E-state index >= 15 is 0 Å². The first-order valence-corrected chi connectivity index (χ1v) is 8.51. The zero-order chi connectivity index (χ0) is 16.4. The second kappa shape index (κ2) is 6.97. The molecule has 1 aromatic carbocycles. The SMILES string of the molecule is CC(=O)N1CCC[C@@H]1[C@H]1CCCN1C[C@H](O)c1ccc(F)cc1. The first kappa shape index (κ1) is 16.4. The van der Waals surface area contributed by atoms with Crippen LogP contribution in [0.1, 0.15) is 44.3 Å². The van der Waals surface area contributed by atoms with Crippen LogP contribution in [0.4, 0.5) is 4.39 Å². The maximum absolute atomic E-state index is 13.0. The zero-order valence-electron chi connectivity index (χ0n) is 13.6. The topological polar surface area (TPSA) is 43.8 Å². The van der Waals surface area contributed by atoms with Crippen LogP contribution in [0.3, 0.4) is 0 Å². The normalized spacial score (nSPS) is 26.7. The number of aliphatic hydroxyl groups is 1. The maximum Gasteiger partial charge on any atom is 0.219 e. The molecule has 0 spiro atoms. The Labute approximate surface area is 136 Å². The summed E-state index contributed by atoms with van der Waals surface area (Å²) < 4.78 is 13.0. The Hall–Kier alpha value is -1.46. The van der Waals surface area contributed by atoms with Crippen molar-refractivity contribution in [1.82, 2.24) is 9.80 Å². The summed E-state index contributed by atoms with van der Waals surface area (Å²) in [5.74, 6) is -0.138. The molecular formula is C18H25FN2O2. The number of amides is 1. The van der Waals surface area contributed by atoms with Gasteiger partial charge >= 0.3 is 0 Å². The third-order valence-corrected chi connectivity index (χ3v) is 5.22. The molecule has 0 aliphatic carbocycles. The number of rotatable bonds is 4. The Bertz CT molecular complexity index is 548.